The van der Waals surface area contributed by atoms with Gasteiger partial charge in [0.2, 0.25) is 0 Å². The number of carbonyl (C=O) groups excluding carboxylic acids is 2. The Kier molecular flexibility index (Phi) is 7.42. The van der Waals surface area contributed by atoms with Crippen LogP contribution in [0.25, 0.3) is 0 Å². The number of rotatable bonds is 8. The SMILES string of the molecule is NC(=O)OCCNC(=O)N[C@@H](CCC(=O)O)C(=O)O. The van der Waals surface area contributed by atoms with Gasteiger partial charge in [-0.25, -0.2) is 14.4 Å². The lowest BCUT2D eigenvalue weighted by molar-refractivity contribution is -0.140. The van der Waals surface area contributed by atoms with Crippen molar-refractivity contribution in [1.29, 1.82) is 0 Å². The van der Waals surface area contributed by atoms with E-state index >= 15 is 0 Å². The molecule has 0 radical (unpaired) electrons. The molecule has 0 saturated carbocycles. The van der Waals surface area contributed by atoms with Crippen LogP contribution in [0.15, 0.2) is 0 Å². The first-order chi connectivity index (χ1) is 8.82. The third kappa shape index (κ3) is 9.21. The summed E-state index contributed by atoms with van der Waals surface area (Å²) in [5, 5.41) is 21.5. The van der Waals surface area contributed by atoms with Crippen molar-refractivity contribution in [3.8, 4) is 0 Å². The molecule has 19 heavy (non-hydrogen) atoms. The van der Waals surface area contributed by atoms with Gasteiger partial charge in [0, 0.05) is 6.42 Å². The Morgan fingerprint density at radius 2 is 1.84 bits per heavy atom. The smallest absolute Gasteiger partial charge is 0.404 e. The van der Waals surface area contributed by atoms with Crippen LogP contribution in [-0.4, -0.2) is 53.5 Å². The summed E-state index contributed by atoms with van der Waals surface area (Å²) in [5.74, 6) is -2.51. The van der Waals surface area contributed by atoms with Crippen LogP contribution in [0.5, 0.6) is 0 Å². The third-order valence-corrected chi connectivity index (χ3v) is 1.88. The first-order valence-electron chi connectivity index (χ1n) is 5.24. The van der Waals surface area contributed by atoms with Crippen LogP contribution >= 0.6 is 0 Å². The van der Waals surface area contributed by atoms with Crippen molar-refractivity contribution in [2.75, 3.05) is 13.2 Å². The highest BCUT2D eigenvalue weighted by atomic mass is 16.5. The highest BCUT2D eigenvalue weighted by Crippen LogP contribution is 1.97. The summed E-state index contributed by atoms with van der Waals surface area (Å²) < 4.78 is 4.33. The van der Waals surface area contributed by atoms with E-state index in [1.807, 2.05) is 0 Å². The maximum absolute atomic E-state index is 11.2. The predicted molar refractivity (Wildman–Crippen MR) is 60.4 cm³/mol. The highest BCUT2D eigenvalue weighted by molar-refractivity contribution is 5.83. The van der Waals surface area contributed by atoms with Crippen molar-refractivity contribution in [3.05, 3.63) is 0 Å². The fraction of sp³-hybridized carbons (Fsp3) is 0.556. The summed E-state index contributed by atoms with van der Waals surface area (Å²) >= 11 is 0. The summed E-state index contributed by atoms with van der Waals surface area (Å²) in [6.07, 6.45) is -1.62. The van der Waals surface area contributed by atoms with E-state index in [0.29, 0.717) is 0 Å². The molecule has 108 valence electrons. The van der Waals surface area contributed by atoms with Crippen LogP contribution in [0, 0.1) is 0 Å². The molecule has 6 N–H and O–H groups in total. The van der Waals surface area contributed by atoms with E-state index in [1.54, 1.807) is 0 Å². The normalized spacial score (nSPS) is 11.2. The summed E-state index contributed by atoms with van der Waals surface area (Å²) in [5.41, 5.74) is 4.67. The van der Waals surface area contributed by atoms with Crippen LogP contribution in [0.4, 0.5) is 9.59 Å². The number of amides is 3. The molecule has 0 bridgehead atoms. The molecule has 10 heteroatoms. The summed E-state index contributed by atoms with van der Waals surface area (Å²) in [6, 6.07) is -2.13. The topological polar surface area (TPSA) is 168 Å². The number of carboxylic acids is 2. The molecule has 0 aliphatic heterocycles. The van der Waals surface area contributed by atoms with Crippen molar-refractivity contribution < 1.29 is 34.1 Å². The molecule has 0 aromatic carbocycles. The minimum atomic E-state index is -1.34. The Bertz CT molecular complexity index is 358. The zero-order chi connectivity index (χ0) is 14.8. The molecule has 0 aromatic rings. The number of ether oxygens (including phenoxy) is 1. The van der Waals surface area contributed by atoms with Crippen LogP contribution in [0.2, 0.25) is 0 Å². The maximum Gasteiger partial charge on any atom is 0.404 e. The van der Waals surface area contributed by atoms with Gasteiger partial charge in [-0.3, -0.25) is 4.79 Å². The molecular weight excluding hydrogens is 262 g/mol. The van der Waals surface area contributed by atoms with Gasteiger partial charge in [0.1, 0.15) is 12.6 Å². The lowest BCUT2D eigenvalue weighted by Gasteiger charge is -2.14. The number of nitrogens with one attached hydrogen (secondary N) is 2. The summed E-state index contributed by atoms with van der Waals surface area (Å²) in [7, 11) is 0. The fourth-order valence-electron chi connectivity index (χ4n) is 1.05. The van der Waals surface area contributed by atoms with E-state index in [4.69, 9.17) is 10.2 Å². The molecule has 0 spiro atoms. The monoisotopic (exact) mass is 277 g/mol. The zero-order valence-electron chi connectivity index (χ0n) is 9.92. The number of aliphatic carboxylic acids is 2. The number of carboxylic acid groups (broad SMARTS) is 2. The van der Waals surface area contributed by atoms with Gasteiger partial charge < -0.3 is 31.3 Å². The quantitative estimate of drug-likeness (QED) is 0.343. The molecule has 3 amide bonds. The van der Waals surface area contributed by atoms with E-state index in [9.17, 15) is 19.2 Å². The van der Waals surface area contributed by atoms with E-state index in [-0.39, 0.29) is 26.0 Å². The van der Waals surface area contributed by atoms with Gasteiger partial charge in [-0.2, -0.15) is 0 Å². The lowest BCUT2D eigenvalue weighted by atomic mass is 10.1. The van der Waals surface area contributed by atoms with Crippen molar-refractivity contribution in [3.63, 3.8) is 0 Å². The number of hydrogen-bond acceptors (Lipinski definition) is 5. The molecule has 10 nitrogen and oxygen atoms in total. The molecule has 0 heterocycles. The Hall–Kier alpha value is -2.52. The van der Waals surface area contributed by atoms with Gasteiger partial charge in [0.25, 0.3) is 0 Å². The zero-order valence-corrected chi connectivity index (χ0v) is 9.92. The second-order valence-corrected chi connectivity index (χ2v) is 3.39. The molecule has 0 aliphatic rings. The van der Waals surface area contributed by atoms with Gasteiger partial charge in [0.05, 0.1) is 6.54 Å². The Balaban J connectivity index is 3.99. The van der Waals surface area contributed by atoms with Gasteiger partial charge in [0.15, 0.2) is 0 Å². The maximum atomic E-state index is 11.2. The molecule has 0 unspecified atom stereocenters. The lowest BCUT2D eigenvalue weighted by Crippen LogP contribution is -2.47. The van der Waals surface area contributed by atoms with Gasteiger partial charge in [-0.05, 0) is 6.42 Å². The van der Waals surface area contributed by atoms with E-state index in [2.05, 4.69) is 21.1 Å². The molecule has 0 aliphatic carbocycles. The molecule has 1 atom stereocenters. The van der Waals surface area contributed by atoms with Crippen LogP contribution in [-0.2, 0) is 14.3 Å². The molecule has 0 aromatic heterocycles. The van der Waals surface area contributed by atoms with E-state index in [0.717, 1.165) is 0 Å². The minimum absolute atomic E-state index is 0.0555. The number of hydrogen-bond donors (Lipinski definition) is 5. The van der Waals surface area contributed by atoms with Gasteiger partial charge in [-0.15, -0.1) is 0 Å². The first kappa shape index (κ1) is 16.5. The number of primary amides is 1. The van der Waals surface area contributed by atoms with E-state index in [1.165, 1.54) is 0 Å². The first-order valence-corrected chi connectivity index (χ1v) is 5.24. The molecule has 0 fully saturated rings. The average molecular weight is 277 g/mol. The van der Waals surface area contributed by atoms with E-state index < -0.39 is 30.1 Å². The fourth-order valence-corrected chi connectivity index (χ4v) is 1.05. The number of urea groups is 1. The Morgan fingerprint density at radius 3 is 2.32 bits per heavy atom. The molecular formula is C9H15N3O7. The third-order valence-electron chi connectivity index (χ3n) is 1.88. The van der Waals surface area contributed by atoms with Crippen molar-refractivity contribution in [2.45, 2.75) is 18.9 Å². The largest absolute Gasteiger partial charge is 0.481 e. The van der Waals surface area contributed by atoms with Crippen LogP contribution in [0.3, 0.4) is 0 Å². The number of carbonyl (C=O) groups is 4. The Labute approximate surface area is 107 Å². The Morgan fingerprint density at radius 1 is 1.21 bits per heavy atom. The van der Waals surface area contributed by atoms with Gasteiger partial charge >= 0.3 is 24.1 Å². The minimum Gasteiger partial charge on any atom is -0.481 e. The van der Waals surface area contributed by atoms with Crippen molar-refractivity contribution in [2.24, 2.45) is 5.73 Å². The standard InChI is InChI=1S/C9H15N3O7/c10-8(17)19-4-3-11-9(18)12-5(7(15)16)1-2-6(13)14/h5H,1-4H2,(H2,10,17)(H,13,14)(H,15,16)(H2,11,12,18)/t5-/m0/s1. The second-order valence-electron chi connectivity index (χ2n) is 3.39. The number of nitrogens with two attached hydrogens (primary N) is 1. The van der Waals surface area contributed by atoms with Crippen molar-refractivity contribution in [1.82, 2.24) is 10.6 Å². The predicted octanol–water partition coefficient (Wildman–Crippen LogP) is -1.30. The highest BCUT2D eigenvalue weighted by Gasteiger charge is 2.20. The summed E-state index contributed by atoms with van der Waals surface area (Å²) in [4.78, 5) is 42.5. The van der Waals surface area contributed by atoms with Crippen LogP contribution < -0.4 is 16.4 Å². The second kappa shape index (κ2) is 8.55. The molecule has 0 saturated heterocycles. The average Bonchev–Trinajstić information content (AvgIpc) is 2.29. The van der Waals surface area contributed by atoms with Crippen molar-refractivity contribution >= 4 is 24.1 Å². The summed E-state index contributed by atoms with van der Waals surface area (Å²) in [6.45, 7) is -0.213. The van der Waals surface area contributed by atoms with Gasteiger partial charge in [-0.1, -0.05) is 0 Å². The van der Waals surface area contributed by atoms with Crippen LogP contribution in [0.1, 0.15) is 12.8 Å². The molecule has 0 rings (SSSR count).